The van der Waals surface area contributed by atoms with Crippen molar-refractivity contribution in [1.29, 1.82) is 0 Å². The number of rotatable bonds is 8. The summed E-state index contributed by atoms with van der Waals surface area (Å²) < 4.78 is 0. The second-order valence-corrected chi connectivity index (χ2v) is 4.08. The maximum Gasteiger partial charge on any atom is 0.0747 e. The Labute approximate surface area is 89.2 Å². The van der Waals surface area contributed by atoms with E-state index in [1.165, 1.54) is 25.7 Å². The van der Waals surface area contributed by atoms with Gasteiger partial charge >= 0.3 is 0 Å². The molecule has 1 nitrogen and oxygen atoms in total. The minimum atomic E-state index is -0.198. The normalized spacial score (nSPS) is 14.4. The molecule has 1 heteroatoms. The van der Waals surface area contributed by atoms with Crippen LogP contribution in [0.3, 0.4) is 0 Å². The Bertz CT molecular complexity index is 149. The number of allylic oxidation sites excluding steroid dienone is 1. The molecule has 1 atom stereocenters. The molecule has 0 aliphatic rings. The fourth-order valence-electron chi connectivity index (χ4n) is 1.63. The molecule has 0 heterocycles. The Hall–Kier alpha value is -0.300. The molecule has 0 saturated heterocycles. The number of hydrogen-bond acceptors (Lipinski definition) is 1. The predicted molar refractivity (Wildman–Crippen MR) is 63.4 cm³/mol. The van der Waals surface area contributed by atoms with Crippen LogP contribution in [0, 0.1) is 0 Å². The van der Waals surface area contributed by atoms with Gasteiger partial charge in [0.05, 0.1) is 6.10 Å². The number of aliphatic hydroxyl groups excluding tert-OH is 1. The molecule has 0 rings (SSSR count). The summed E-state index contributed by atoms with van der Waals surface area (Å²) >= 11 is 0. The molecule has 14 heavy (non-hydrogen) atoms. The van der Waals surface area contributed by atoms with Gasteiger partial charge in [-0.2, -0.15) is 0 Å². The van der Waals surface area contributed by atoms with E-state index in [1.54, 1.807) is 0 Å². The van der Waals surface area contributed by atoms with Gasteiger partial charge in [-0.3, -0.25) is 0 Å². The second kappa shape index (κ2) is 9.26. The smallest absolute Gasteiger partial charge is 0.0747 e. The van der Waals surface area contributed by atoms with Crippen LogP contribution in [-0.2, 0) is 0 Å². The second-order valence-electron chi connectivity index (χ2n) is 4.08. The number of unbranched alkanes of at least 4 members (excludes halogenated alkanes) is 4. The first-order valence-corrected chi connectivity index (χ1v) is 6.07. The summed E-state index contributed by atoms with van der Waals surface area (Å²) in [6.45, 7) is 6.36. The zero-order valence-electron chi connectivity index (χ0n) is 10.1. The molecule has 0 aromatic carbocycles. The van der Waals surface area contributed by atoms with E-state index in [0.717, 1.165) is 24.8 Å². The molecular weight excluding hydrogens is 172 g/mol. The van der Waals surface area contributed by atoms with Crippen LogP contribution in [0.25, 0.3) is 0 Å². The van der Waals surface area contributed by atoms with Crippen LogP contribution in [0.5, 0.6) is 0 Å². The Morgan fingerprint density at radius 1 is 1.14 bits per heavy atom. The van der Waals surface area contributed by atoms with Crippen LogP contribution in [0.4, 0.5) is 0 Å². The highest BCUT2D eigenvalue weighted by molar-refractivity contribution is 5.03. The first kappa shape index (κ1) is 13.7. The van der Waals surface area contributed by atoms with E-state index in [9.17, 15) is 5.11 Å². The van der Waals surface area contributed by atoms with Crippen LogP contribution < -0.4 is 0 Å². The summed E-state index contributed by atoms with van der Waals surface area (Å²) in [7, 11) is 0. The molecule has 0 aliphatic heterocycles. The van der Waals surface area contributed by atoms with Crippen LogP contribution in [0.15, 0.2) is 11.6 Å². The van der Waals surface area contributed by atoms with E-state index in [-0.39, 0.29) is 6.10 Å². The fraction of sp³-hybridized carbons (Fsp3) is 0.846. The molecule has 0 aromatic heterocycles. The van der Waals surface area contributed by atoms with Gasteiger partial charge in [0.2, 0.25) is 0 Å². The Morgan fingerprint density at radius 3 is 2.36 bits per heavy atom. The van der Waals surface area contributed by atoms with Crippen molar-refractivity contribution in [2.45, 2.75) is 71.8 Å². The van der Waals surface area contributed by atoms with Gasteiger partial charge in [0.25, 0.3) is 0 Å². The van der Waals surface area contributed by atoms with Crippen molar-refractivity contribution in [1.82, 2.24) is 0 Å². The number of hydrogen-bond donors (Lipinski definition) is 1. The summed E-state index contributed by atoms with van der Waals surface area (Å²) in [5.41, 5.74) is 1.14. The van der Waals surface area contributed by atoms with E-state index < -0.39 is 0 Å². The third-order valence-electron chi connectivity index (χ3n) is 2.63. The summed E-state index contributed by atoms with van der Waals surface area (Å²) in [6.07, 6.45) is 10.3. The predicted octanol–water partition coefficient (Wildman–Crippen LogP) is 4.06. The van der Waals surface area contributed by atoms with Gasteiger partial charge in [-0.05, 0) is 25.3 Å². The van der Waals surface area contributed by atoms with Crippen LogP contribution in [0.2, 0.25) is 0 Å². The molecule has 0 aliphatic carbocycles. The molecule has 0 aromatic rings. The maximum absolute atomic E-state index is 9.74. The highest BCUT2D eigenvalue weighted by Crippen LogP contribution is 2.12. The molecule has 84 valence electrons. The van der Waals surface area contributed by atoms with Crippen LogP contribution in [0.1, 0.15) is 65.7 Å². The summed E-state index contributed by atoms with van der Waals surface area (Å²) in [6, 6.07) is 0. The van der Waals surface area contributed by atoms with Gasteiger partial charge in [-0.15, -0.1) is 0 Å². The molecule has 1 N–H and O–H groups in total. The van der Waals surface area contributed by atoms with Crippen molar-refractivity contribution in [2.24, 2.45) is 0 Å². The van der Waals surface area contributed by atoms with Gasteiger partial charge in [0.1, 0.15) is 0 Å². The van der Waals surface area contributed by atoms with Crippen LogP contribution >= 0.6 is 0 Å². The van der Waals surface area contributed by atoms with Crippen molar-refractivity contribution in [3.8, 4) is 0 Å². The monoisotopic (exact) mass is 198 g/mol. The van der Waals surface area contributed by atoms with Gasteiger partial charge < -0.3 is 5.11 Å². The molecule has 1 unspecified atom stereocenters. The van der Waals surface area contributed by atoms with E-state index in [0.29, 0.717) is 0 Å². The van der Waals surface area contributed by atoms with Gasteiger partial charge in [-0.25, -0.2) is 0 Å². The molecule has 0 fully saturated rings. The van der Waals surface area contributed by atoms with E-state index in [4.69, 9.17) is 0 Å². The molecule has 0 spiro atoms. The first-order chi connectivity index (χ1) is 6.72. The molecular formula is C13H26O. The average molecular weight is 198 g/mol. The quantitative estimate of drug-likeness (QED) is 0.460. The van der Waals surface area contributed by atoms with Crippen molar-refractivity contribution in [3.63, 3.8) is 0 Å². The molecule has 0 bridgehead atoms. The Balaban J connectivity index is 3.43. The maximum atomic E-state index is 9.74. The third-order valence-corrected chi connectivity index (χ3v) is 2.63. The van der Waals surface area contributed by atoms with Crippen molar-refractivity contribution in [2.75, 3.05) is 0 Å². The lowest BCUT2D eigenvalue weighted by Gasteiger charge is -2.10. The van der Waals surface area contributed by atoms with E-state index in [2.05, 4.69) is 19.9 Å². The Morgan fingerprint density at radius 2 is 1.79 bits per heavy atom. The lowest BCUT2D eigenvalue weighted by molar-refractivity contribution is 0.195. The average Bonchev–Trinajstić information content (AvgIpc) is 2.17. The SMILES string of the molecule is CC/C=C(\C)C(O)CCCCCCC. The minimum absolute atomic E-state index is 0.198. The highest BCUT2D eigenvalue weighted by atomic mass is 16.3. The zero-order valence-corrected chi connectivity index (χ0v) is 10.1. The van der Waals surface area contributed by atoms with Gasteiger partial charge in [0, 0.05) is 0 Å². The minimum Gasteiger partial charge on any atom is -0.389 e. The summed E-state index contributed by atoms with van der Waals surface area (Å²) in [5, 5.41) is 9.74. The van der Waals surface area contributed by atoms with Gasteiger partial charge in [-0.1, -0.05) is 52.0 Å². The third kappa shape index (κ3) is 7.14. The van der Waals surface area contributed by atoms with Crippen LogP contribution in [-0.4, -0.2) is 11.2 Å². The zero-order chi connectivity index (χ0) is 10.8. The lowest BCUT2D eigenvalue weighted by atomic mass is 10.0. The molecule has 0 saturated carbocycles. The Kier molecular flexibility index (Phi) is 9.06. The van der Waals surface area contributed by atoms with E-state index in [1.807, 2.05) is 6.92 Å². The van der Waals surface area contributed by atoms with Gasteiger partial charge in [0.15, 0.2) is 0 Å². The lowest BCUT2D eigenvalue weighted by Crippen LogP contribution is -2.07. The summed E-state index contributed by atoms with van der Waals surface area (Å²) in [5.74, 6) is 0. The van der Waals surface area contributed by atoms with E-state index >= 15 is 0 Å². The summed E-state index contributed by atoms with van der Waals surface area (Å²) in [4.78, 5) is 0. The topological polar surface area (TPSA) is 20.2 Å². The number of aliphatic hydroxyl groups is 1. The first-order valence-electron chi connectivity index (χ1n) is 6.07. The van der Waals surface area contributed by atoms with Crippen molar-refractivity contribution < 1.29 is 5.11 Å². The van der Waals surface area contributed by atoms with Crippen molar-refractivity contribution >= 4 is 0 Å². The fourth-order valence-corrected chi connectivity index (χ4v) is 1.63. The molecule has 0 amide bonds. The largest absolute Gasteiger partial charge is 0.389 e. The molecule has 0 radical (unpaired) electrons. The highest BCUT2D eigenvalue weighted by Gasteiger charge is 2.04. The van der Waals surface area contributed by atoms with Crippen molar-refractivity contribution in [3.05, 3.63) is 11.6 Å². The standard InChI is InChI=1S/C13H26O/c1-4-6-7-8-9-11-13(14)12(3)10-5-2/h10,13-14H,4-9,11H2,1-3H3/b12-10+.